The monoisotopic (exact) mass is 187 g/mol. The SMILES string of the molecule is C(/CCc1ccccc1)=C1\CCNC1. The fourth-order valence-electron chi connectivity index (χ4n) is 1.85. The maximum absolute atomic E-state index is 3.35. The van der Waals surface area contributed by atoms with E-state index in [4.69, 9.17) is 0 Å². The molecule has 0 amide bonds. The van der Waals surface area contributed by atoms with E-state index in [1.165, 1.54) is 24.8 Å². The second-order valence-electron chi connectivity index (χ2n) is 3.81. The van der Waals surface area contributed by atoms with E-state index in [0.29, 0.717) is 0 Å². The van der Waals surface area contributed by atoms with Gasteiger partial charge in [0.2, 0.25) is 0 Å². The molecule has 14 heavy (non-hydrogen) atoms. The molecule has 0 spiro atoms. The summed E-state index contributed by atoms with van der Waals surface area (Å²) in [5.74, 6) is 0. The molecule has 0 aliphatic carbocycles. The summed E-state index contributed by atoms with van der Waals surface area (Å²) in [6.07, 6.45) is 5.99. The van der Waals surface area contributed by atoms with Crippen molar-refractivity contribution in [3.8, 4) is 0 Å². The Hall–Kier alpha value is -1.08. The largest absolute Gasteiger partial charge is 0.313 e. The minimum Gasteiger partial charge on any atom is -0.313 e. The molecule has 1 saturated heterocycles. The van der Waals surface area contributed by atoms with Gasteiger partial charge < -0.3 is 5.32 Å². The van der Waals surface area contributed by atoms with Crippen LogP contribution in [0.25, 0.3) is 0 Å². The fourth-order valence-corrected chi connectivity index (χ4v) is 1.85. The molecule has 0 aromatic heterocycles. The Morgan fingerprint density at radius 3 is 2.79 bits per heavy atom. The van der Waals surface area contributed by atoms with Gasteiger partial charge in [-0.3, -0.25) is 0 Å². The van der Waals surface area contributed by atoms with E-state index in [2.05, 4.69) is 41.7 Å². The number of rotatable bonds is 3. The van der Waals surface area contributed by atoms with Gasteiger partial charge in [0.25, 0.3) is 0 Å². The first-order chi connectivity index (χ1) is 6.95. The van der Waals surface area contributed by atoms with Crippen LogP contribution < -0.4 is 5.32 Å². The first kappa shape index (κ1) is 9.47. The van der Waals surface area contributed by atoms with Crippen molar-refractivity contribution in [1.29, 1.82) is 0 Å². The Kier molecular flexibility index (Phi) is 3.36. The van der Waals surface area contributed by atoms with Gasteiger partial charge in [0.05, 0.1) is 0 Å². The van der Waals surface area contributed by atoms with Gasteiger partial charge in [-0.05, 0) is 31.4 Å². The molecule has 1 nitrogen and oxygen atoms in total. The first-order valence-corrected chi connectivity index (χ1v) is 5.38. The number of allylic oxidation sites excluding steroid dienone is 1. The number of hydrogen-bond donors (Lipinski definition) is 1. The third-order valence-corrected chi connectivity index (χ3v) is 2.68. The quantitative estimate of drug-likeness (QED) is 0.717. The topological polar surface area (TPSA) is 12.0 Å². The fraction of sp³-hybridized carbons (Fsp3) is 0.385. The van der Waals surface area contributed by atoms with Gasteiger partial charge >= 0.3 is 0 Å². The normalized spacial score (nSPS) is 19.0. The van der Waals surface area contributed by atoms with Crippen molar-refractivity contribution in [2.75, 3.05) is 13.1 Å². The van der Waals surface area contributed by atoms with Crippen LogP contribution in [0.4, 0.5) is 0 Å². The zero-order valence-corrected chi connectivity index (χ0v) is 8.50. The smallest absolute Gasteiger partial charge is 0.0165 e. The molecular formula is C13H17N. The van der Waals surface area contributed by atoms with Gasteiger partial charge in [0.1, 0.15) is 0 Å². The van der Waals surface area contributed by atoms with Crippen LogP contribution in [-0.4, -0.2) is 13.1 Å². The predicted molar refractivity (Wildman–Crippen MR) is 60.3 cm³/mol. The second-order valence-corrected chi connectivity index (χ2v) is 3.81. The summed E-state index contributed by atoms with van der Waals surface area (Å²) in [6, 6.07) is 10.7. The first-order valence-electron chi connectivity index (χ1n) is 5.38. The van der Waals surface area contributed by atoms with E-state index in [1.807, 2.05) is 0 Å². The van der Waals surface area contributed by atoms with Crippen molar-refractivity contribution < 1.29 is 0 Å². The molecule has 1 aliphatic heterocycles. The molecule has 2 rings (SSSR count). The number of nitrogens with one attached hydrogen (secondary N) is 1. The van der Waals surface area contributed by atoms with Crippen LogP contribution >= 0.6 is 0 Å². The maximum atomic E-state index is 3.35. The highest BCUT2D eigenvalue weighted by Gasteiger charge is 2.03. The molecule has 0 atom stereocenters. The van der Waals surface area contributed by atoms with Gasteiger partial charge in [-0.15, -0.1) is 0 Å². The Bertz CT molecular complexity index is 292. The standard InChI is InChI=1S/C13H17N/c1-2-5-12(6-3-1)7-4-8-13-9-10-14-11-13/h1-3,5-6,8,14H,4,7,9-11H2/b13-8-. The molecule has 1 aromatic rings. The summed E-state index contributed by atoms with van der Waals surface area (Å²) >= 11 is 0. The zero-order valence-electron chi connectivity index (χ0n) is 8.50. The van der Waals surface area contributed by atoms with Crippen molar-refractivity contribution >= 4 is 0 Å². The lowest BCUT2D eigenvalue weighted by Crippen LogP contribution is -2.04. The zero-order chi connectivity index (χ0) is 9.64. The molecule has 1 heteroatoms. The maximum Gasteiger partial charge on any atom is 0.0165 e. The van der Waals surface area contributed by atoms with Gasteiger partial charge in [-0.25, -0.2) is 0 Å². The van der Waals surface area contributed by atoms with E-state index in [0.717, 1.165) is 13.1 Å². The van der Waals surface area contributed by atoms with E-state index in [1.54, 1.807) is 5.57 Å². The molecule has 74 valence electrons. The molecule has 1 N–H and O–H groups in total. The third kappa shape index (κ3) is 2.71. The van der Waals surface area contributed by atoms with Crippen LogP contribution in [0.2, 0.25) is 0 Å². The van der Waals surface area contributed by atoms with E-state index in [9.17, 15) is 0 Å². The highest BCUT2D eigenvalue weighted by atomic mass is 14.9. The number of aryl methyl sites for hydroxylation is 1. The lowest BCUT2D eigenvalue weighted by Gasteiger charge is -1.98. The molecule has 1 fully saturated rings. The average Bonchev–Trinajstić information content (AvgIpc) is 2.72. The summed E-state index contributed by atoms with van der Waals surface area (Å²) in [4.78, 5) is 0. The molecule has 1 heterocycles. The van der Waals surface area contributed by atoms with Crippen molar-refractivity contribution in [2.45, 2.75) is 19.3 Å². The molecule has 0 saturated carbocycles. The van der Waals surface area contributed by atoms with E-state index >= 15 is 0 Å². The Morgan fingerprint density at radius 2 is 2.07 bits per heavy atom. The van der Waals surface area contributed by atoms with Gasteiger partial charge in [0, 0.05) is 6.54 Å². The average molecular weight is 187 g/mol. The van der Waals surface area contributed by atoms with Crippen molar-refractivity contribution in [1.82, 2.24) is 5.32 Å². The molecular weight excluding hydrogens is 170 g/mol. The minimum atomic E-state index is 1.11. The van der Waals surface area contributed by atoms with Crippen molar-refractivity contribution in [3.05, 3.63) is 47.5 Å². The lowest BCUT2D eigenvalue weighted by molar-refractivity contribution is 0.862. The van der Waals surface area contributed by atoms with Crippen LogP contribution in [0.1, 0.15) is 18.4 Å². The van der Waals surface area contributed by atoms with Crippen LogP contribution in [-0.2, 0) is 6.42 Å². The molecule has 0 bridgehead atoms. The minimum absolute atomic E-state index is 1.11. The Labute approximate surface area is 85.8 Å². The Balaban J connectivity index is 1.80. The van der Waals surface area contributed by atoms with Crippen molar-refractivity contribution in [3.63, 3.8) is 0 Å². The van der Waals surface area contributed by atoms with Crippen LogP contribution in [0.5, 0.6) is 0 Å². The van der Waals surface area contributed by atoms with Gasteiger partial charge in [0.15, 0.2) is 0 Å². The summed E-state index contributed by atoms with van der Waals surface area (Å²) < 4.78 is 0. The highest BCUT2D eigenvalue weighted by molar-refractivity contribution is 5.16. The van der Waals surface area contributed by atoms with Crippen molar-refractivity contribution in [2.24, 2.45) is 0 Å². The lowest BCUT2D eigenvalue weighted by atomic mass is 10.1. The van der Waals surface area contributed by atoms with E-state index < -0.39 is 0 Å². The predicted octanol–water partition coefficient (Wildman–Crippen LogP) is 2.54. The Morgan fingerprint density at radius 1 is 1.21 bits per heavy atom. The van der Waals surface area contributed by atoms with Crippen LogP contribution in [0.3, 0.4) is 0 Å². The second kappa shape index (κ2) is 4.97. The third-order valence-electron chi connectivity index (χ3n) is 2.68. The number of benzene rings is 1. The van der Waals surface area contributed by atoms with Crippen LogP contribution in [0, 0.1) is 0 Å². The molecule has 1 aliphatic rings. The van der Waals surface area contributed by atoms with E-state index in [-0.39, 0.29) is 0 Å². The van der Waals surface area contributed by atoms with Crippen LogP contribution in [0.15, 0.2) is 42.0 Å². The summed E-state index contributed by atoms with van der Waals surface area (Å²) in [5, 5.41) is 3.35. The molecule has 0 unspecified atom stereocenters. The number of hydrogen-bond acceptors (Lipinski definition) is 1. The molecule has 1 aromatic carbocycles. The summed E-state index contributed by atoms with van der Waals surface area (Å²) in [5.41, 5.74) is 3.02. The van der Waals surface area contributed by atoms with Gasteiger partial charge in [-0.2, -0.15) is 0 Å². The highest BCUT2D eigenvalue weighted by Crippen LogP contribution is 2.09. The summed E-state index contributed by atoms with van der Waals surface area (Å²) in [6.45, 7) is 2.27. The molecule has 0 radical (unpaired) electrons. The van der Waals surface area contributed by atoms with Gasteiger partial charge in [-0.1, -0.05) is 42.0 Å². The summed E-state index contributed by atoms with van der Waals surface area (Å²) in [7, 11) is 0.